The lowest BCUT2D eigenvalue weighted by molar-refractivity contribution is -0.153. The van der Waals surface area contributed by atoms with Crippen molar-refractivity contribution < 1.29 is 19.1 Å². The van der Waals surface area contributed by atoms with Crippen LogP contribution in [-0.2, 0) is 19.1 Å². The molecule has 3 fully saturated rings. The lowest BCUT2D eigenvalue weighted by Crippen LogP contribution is -2.40. The van der Waals surface area contributed by atoms with Crippen molar-refractivity contribution in [2.24, 2.45) is 22.7 Å². The van der Waals surface area contributed by atoms with Gasteiger partial charge >= 0.3 is 11.9 Å². The van der Waals surface area contributed by atoms with E-state index in [1.54, 1.807) is 6.92 Å². The number of rotatable bonds is 2. The molecule has 2 saturated carbocycles. The van der Waals surface area contributed by atoms with E-state index < -0.39 is 0 Å². The summed E-state index contributed by atoms with van der Waals surface area (Å²) in [7, 11) is 0. The van der Waals surface area contributed by atoms with Gasteiger partial charge in [-0.05, 0) is 18.8 Å². The van der Waals surface area contributed by atoms with Crippen molar-refractivity contribution >= 4 is 11.9 Å². The molecule has 4 heteroatoms. The lowest BCUT2D eigenvalue weighted by Gasteiger charge is -2.37. The number of ether oxygens (including phenoxy) is 2. The first-order valence-corrected chi connectivity index (χ1v) is 7.24. The van der Waals surface area contributed by atoms with Gasteiger partial charge in [0.2, 0.25) is 0 Å². The van der Waals surface area contributed by atoms with E-state index in [1.807, 2.05) is 0 Å². The highest BCUT2D eigenvalue weighted by atomic mass is 16.6. The maximum Gasteiger partial charge on any atom is 0.333 e. The molecule has 2 aliphatic carbocycles. The zero-order valence-corrected chi connectivity index (χ0v) is 12.6. The molecule has 4 nitrogen and oxygen atoms in total. The van der Waals surface area contributed by atoms with Crippen LogP contribution in [0.4, 0.5) is 0 Å². The van der Waals surface area contributed by atoms with Crippen molar-refractivity contribution in [3.63, 3.8) is 0 Å². The Hall–Kier alpha value is -1.32. The average molecular weight is 278 g/mol. The largest absolute Gasteiger partial charge is 0.461 e. The van der Waals surface area contributed by atoms with Gasteiger partial charge in [-0.15, -0.1) is 0 Å². The van der Waals surface area contributed by atoms with Gasteiger partial charge in [0.15, 0.2) is 0 Å². The van der Waals surface area contributed by atoms with E-state index >= 15 is 0 Å². The van der Waals surface area contributed by atoms with Gasteiger partial charge < -0.3 is 9.47 Å². The van der Waals surface area contributed by atoms with Crippen LogP contribution in [0, 0.1) is 22.7 Å². The maximum absolute atomic E-state index is 11.8. The second-order valence-electron chi connectivity index (χ2n) is 7.37. The van der Waals surface area contributed by atoms with E-state index in [-0.39, 0.29) is 46.8 Å². The maximum atomic E-state index is 11.8. The lowest BCUT2D eigenvalue weighted by atomic mass is 9.70. The zero-order valence-electron chi connectivity index (χ0n) is 12.6. The first kappa shape index (κ1) is 13.7. The van der Waals surface area contributed by atoms with Gasteiger partial charge in [0, 0.05) is 22.8 Å². The predicted molar refractivity (Wildman–Crippen MR) is 72.7 cm³/mol. The molecule has 3 rings (SSSR count). The molecule has 0 aromatic carbocycles. The summed E-state index contributed by atoms with van der Waals surface area (Å²) in [6.07, 6.45) is 1.07. The van der Waals surface area contributed by atoms with Gasteiger partial charge in [-0.3, -0.25) is 4.79 Å². The zero-order chi connectivity index (χ0) is 14.9. The second kappa shape index (κ2) is 3.86. The molecule has 0 aromatic heterocycles. The molecule has 5 unspecified atom stereocenters. The minimum Gasteiger partial charge on any atom is -0.461 e. The number of hydrogen-bond acceptors (Lipinski definition) is 4. The molecule has 0 aromatic rings. The number of carbonyl (C=O) groups excluding carboxylic acids is 2. The highest BCUT2D eigenvalue weighted by molar-refractivity contribution is 5.87. The summed E-state index contributed by atoms with van der Waals surface area (Å²) in [5.74, 6) is -0.0752. The van der Waals surface area contributed by atoms with Crippen molar-refractivity contribution in [3.8, 4) is 0 Å². The Kier molecular flexibility index (Phi) is 2.64. The van der Waals surface area contributed by atoms with Crippen LogP contribution in [0.3, 0.4) is 0 Å². The SMILES string of the molecule is C=C(C)C(=O)OC1CC2(C)C3OC(=O)CC3C1C2(C)C. The highest BCUT2D eigenvalue weighted by Crippen LogP contribution is 2.71. The Labute approximate surface area is 119 Å². The Bertz CT molecular complexity index is 507. The molecule has 1 aliphatic heterocycles. The van der Waals surface area contributed by atoms with E-state index in [0.29, 0.717) is 12.0 Å². The number of fused-ring (bicyclic) bond motifs is 5. The molecule has 0 spiro atoms. The van der Waals surface area contributed by atoms with E-state index in [1.165, 1.54) is 0 Å². The van der Waals surface area contributed by atoms with Crippen LogP contribution in [0.15, 0.2) is 12.2 Å². The fraction of sp³-hybridized carbons (Fsp3) is 0.750. The van der Waals surface area contributed by atoms with Crippen LogP contribution in [0.1, 0.15) is 40.5 Å². The first-order valence-electron chi connectivity index (χ1n) is 7.24. The van der Waals surface area contributed by atoms with Crippen molar-refractivity contribution in [1.29, 1.82) is 0 Å². The Balaban J connectivity index is 1.91. The molecule has 110 valence electrons. The molecule has 0 N–H and O–H groups in total. The minimum absolute atomic E-state index is 0.00303. The average Bonchev–Trinajstić information content (AvgIpc) is 2.82. The topological polar surface area (TPSA) is 52.6 Å². The molecule has 1 heterocycles. The Morgan fingerprint density at radius 1 is 1.40 bits per heavy atom. The molecule has 5 atom stereocenters. The Morgan fingerprint density at radius 3 is 2.65 bits per heavy atom. The Morgan fingerprint density at radius 2 is 2.05 bits per heavy atom. The predicted octanol–water partition coefficient (Wildman–Crippen LogP) is 2.47. The van der Waals surface area contributed by atoms with Crippen molar-refractivity contribution in [2.75, 3.05) is 0 Å². The number of hydrogen-bond donors (Lipinski definition) is 0. The van der Waals surface area contributed by atoms with E-state index in [2.05, 4.69) is 27.4 Å². The molecule has 0 radical (unpaired) electrons. The van der Waals surface area contributed by atoms with Crippen LogP contribution < -0.4 is 0 Å². The number of esters is 2. The van der Waals surface area contributed by atoms with Gasteiger partial charge in [-0.25, -0.2) is 4.79 Å². The highest BCUT2D eigenvalue weighted by Gasteiger charge is 2.73. The van der Waals surface area contributed by atoms with Crippen LogP contribution in [0.25, 0.3) is 0 Å². The molecule has 3 aliphatic rings. The summed E-state index contributed by atoms with van der Waals surface area (Å²) in [5.41, 5.74) is 0.309. The van der Waals surface area contributed by atoms with Crippen molar-refractivity contribution in [1.82, 2.24) is 0 Å². The number of carbonyl (C=O) groups is 2. The third-order valence-electron chi connectivity index (χ3n) is 6.08. The summed E-state index contributed by atoms with van der Waals surface area (Å²) in [6.45, 7) is 11.9. The molecule has 0 amide bonds. The quantitative estimate of drug-likeness (QED) is 0.575. The summed E-state index contributed by atoms with van der Waals surface area (Å²) < 4.78 is 11.2. The fourth-order valence-electron chi connectivity index (χ4n) is 4.79. The normalized spacial score (nSPS) is 44.1. The van der Waals surface area contributed by atoms with Crippen molar-refractivity contribution in [2.45, 2.75) is 52.7 Å². The monoisotopic (exact) mass is 278 g/mol. The minimum atomic E-state index is -0.330. The van der Waals surface area contributed by atoms with E-state index in [4.69, 9.17) is 9.47 Å². The van der Waals surface area contributed by atoms with E-state index in [9.17, 15) is 9.59 Å². The first-order chi connectivity index (χ1) is 9.18. The molecule has 2 bridgehead atoms. The second-order valence-corrected chi connectivity index (χ2v) is 7.37. The molecule has 20 heavy (non-hydrogen) atoms. The van der Waals surface area contributed by atoms with E-state index in [0.717, 1.165) is 6.42 Å². The van der Waals surface area contributed by atoms with Gasteiger partial charge in [0.25, 0.3) is 0 Å². The van der Waals surface area contributed by atoms with Crippen LogP contribution in [-0.4, -0.2) is 24.1 Å². The van der Waals surface area contributed by atoms with Gasteiger partial charge in [0.05, 0.1) is 6.42 Å². The summed E-state index contributed by atoms with van der Waals surface area (Å²) in [4.78, 5) is 23.4. The standard InChI is InChI=1S/C16H22O4/c1-8(2)14(18)19-10-7-16(5)13-9(6-11(17)20-13)12(10)15(16,3)4/h9-10,12-13H,1,6-7H2,2-5H3. The van der Waals surface area contributed by atoms with Gasteiger partial charge in [-0.1, -0.05) is 27.4 Å². The summed E-state index contributed by atoms with van der Waals surface area (Å²) in [6, 6.07) is 0. The third-order valence-corrected chi connectivity index (χ3v) is 6.08. The smallest absolute Gasteiger partial charge is 0.333 e. The molecular weight excluding hydrogens is 256 g/mol. The molecular formula is C16H22O4. The van der Waals surface area contributed by atoms with Crippen LogP contribution in [0.2, 0.25) is 0 Å². The van der Waals surface area contributed by atoms with Gasteiger partial charge in [0.1, 0.15) is 12.2 Å². The van der Waals surface area contributed by atoms with Crippen LogP contribution in [0.5, 0.6) is 0 Å². The molecule has 1 saturated heterocycles. The summed E-state index contributed by atoms with van der Waals surface area (Å²) >= 11 is 0. The van der Waals surface area contributed by atoms with Crippen molar-refractivity contribution in [3.05, 3.63) is 12.2 Å². The van der Waals surface area contributed by atoms with Gasteiger partial charge in [-0.2, -0.15) is 0 Å². The third kappa shape index (κ3) is 1.48. The van der Waals surface area contributed by atoms with Crippen LogP contribution >= 0.6 is 0 Å². The summed E-state index contributed by atoms with van der Waals surface area (Å²) in [5, 5.41) is 0. The fourth-order valence-corrected chi connectivity index (χ4v) is 4.79.